The lowest BCUT2D eigenvalue weighted by Gasteiger charge is -2.44. The summed E-state index contributed by atoms with van der Waals surface area (Å²) < 4.78 is 5.47. The maximum absolute atomic E-state index is 14.3. The van der Waals surface area contributed by atoms with Crippen molar-refractivity contribution in [1.29, 1.82) is 0 Å². The first kappa shape index (κ1) is 29.6. The summed E-state index contributed by atoms with van der Waals surface area (Å²) >= 11 is 12.8. The van der Waals surface area contributed by atoms with E-state index in [1.165, 1.54) is 23.0 Å². The topological polar surface area (TPSA) is 104 Å². The van der Waals surface area contributed by atoms with Crippen LogP contribution in [-0.2, 0) is 19.2 Å². The van der Waals surface area contributed by atoms with Gasteiger partial charge in [-0.2, -0.15) is 0 Å². The summed E-state index contributed by atoms with van der Waals surface area (Å²) in [6.07, 6.45) is 2.43. The SMILES string of the molecule is COc1ccc(O)c([C@H]2C3=CC[C@@H]4C(=O)N(c5ccc(C)c(Cl)c5)C(=O)[C@@H]4[C@@H]3C[C@H]3C(=O)N(c4ccc(C)c(Cl)c4)C(=O)[C@@H]23)c1. The molecule has 4 amide bonds. The van der Waals surface area contributed by atoms with Gasteiger partial charge in [-0.3, -0.25) is 19.2 Å². The van der Waals surface area contributed by atoms with E-state index in [2.05, 4.69) is 0 Å². The van der Waals surface area contributed by atoms with E-state index in [4.69, 9.17) is 27.9 Å². The average molecular weight is 646 g/mol. The molecule has 6 atom stereocenters. The number of carbonyl (C=O) groups is 4. The van der Waals surface area contributed by atoms with Crippen LogP contribution in [0.25, 0.3) is 0 Å². The molecule has 7 rings (SSSR count). The zero-order valence-corrected chi connectivity index (χ0v) is 26.3. The van der Waals surface area contributed by atoms with E-state index in [9.17, 15) is 24.3 Å². The van der Waals surface area contributed by atoms with Crippen LogP contribution in [0.15, 0.2) is 66.2 Å². The number of halogens is 2. The molecular weight excluding hydrogens is 615 g/mol. The summed E-state index contributed by atoms with van der Waals surface area (Å²) in [7, 11) is 1.51. The summed E-state index contributed by atoms with van der Waals surface area (Å²) in [5, 5.41) is 12.0. The van der Waals surface area contributed by atoms with Crippen LogP contribution in [0.1, 0.15) is 35.4 Å². The molecule has 2 heterocycles. The summed E-state index contributed by atoms with van der Waals surface area (Å²) in [4.78, 5) is 58.8. The molecule has 230 valence electrons. The molecule has 0 aromatic heterocycles. The quantitative estimate of drug-likeness (QED) is 0.261. The van der Waals surface area contributed by atoms with Crippen molar-refractivity contribution in [3.05, 3.63) is 93.0 Å². The van der Waals surface area contributed by atoms with Gasteiger partial charge in [-0.15, -0.1) is 0 Å². The van der Waals surface area contributed by atoms with Crippen LogP contribution >= 0.6 is 23.2 Å². The molecule has 3 fully saturated rings. The number of aryl methyl sites for hydroxylation is 2. The van der Waals surface area contributed by atoms with Gasteiger partial charge >= 0.3 is 0 Å². The number of phenols is 1. The van der Waals surface area contributed by atoms with E-state index >= 15 is 0 Å². The molecule has 1 N–H and O–H groups in total. The first-order valence-corrected chi connectivity index (χ1v) is 15.6. The van der Waals surface area contributed by atoms with Crippen molar-refractivity contribution >= 4 is 58.2 Å². The fourth-order valence-electron chi connectivity index (χ4n) is 7.80. The van der Waals surface area contributed by atoms with Crippen molar-refractivity contribution in [3.8, 4) is 11.5 Å². The fraction of sp³-hybridized carbons (Fsp3) is 0.314. The third-order valence-electron chi connectivity index (χ3n) is 10.0. The van der Waals surface area contributed by atoms with E-state index in [1.807, 2.05) is 19.9 Å². The Morgan fingerprint density at radius 3 is 1.89 bits per heavy atom. The fourth-order valence-corrected chi connectivity index (χ4v) is 8.15. The highest BCUT2D eigenvalue weighted by Crippen LogP contribution is 2.59. The Labute approximate surface area is 270 Å². The Kier molecular flexibility index (Phi) is 7.06. The van der Waals surface area contributed by atoms with E-state index in [-0.39, 0.29) is 30.4 Å². The van der Waals surface area contributed by atoms with Gasteiger partial charge in [0.2, 0.25) is 23.6 Å². The van der Waals surface area contributed by atoms with E-state index in [1.54, 1.807) is 48.5 Å². The van der Waals surface area contributed by atoms with Crippen LogP contribution in [0.2, 0.25) is 10.0 Å². The molecule has 8 nitrogen and oxygen atoms in total. The van der Waals surface area contributed by atoms with Crippen LogP contribution < -0.4 is 14.5 Å². The van der Waals surface area contributed by atoms with Gasteiger partial charge in [0, 0.05) is 21.5 Å². The number of ether oxygens (including phenoxy) is 1. The number of hydrogen-bond donors (Lipinski definition) is 1. The number of rotatable bonds is 4. The number of phenolic OH excluding ortho intramolecular Hbond substituents is 1. The molecule has 3 aromatic carbocycles. The lowest BCUT2D eigenvalue weighted by atomic mass is 9.57. The molecule has 1 saturated carbocycles. The van der Waals surface area contributed by atoms with Crippen LogP contribution in [0, 0.1) is 43.4 Å². The maximum atomic E-state index is 14.3. The standard InChI is InChI=1S/C35H30Cl2N2O6/c1-16-4-6-18(12-26(16)36)38-32(41)22-10-9-21-23(30(22)34(38)43)15-25-31(29(21)24-14-20(45-3)8-11-28(24)40)35(44)39(33(25)42)19-7-5-17(2)27(37)13-19/h4-9,11-14,22-23,25,29-31,40H,10,15H2,1-3H3/t22-,23+,25+,29+,30-,31+/m0/s1. The van der Waals surface area contributed by atoms with E-state index in [0.717, 1.165) is 16.7 Å². The van der Waals surface area contributed by atoms with Gasteiger partial charge in [-0.25, -0.2) is 9.80 Å². The summed E-state index contributed by atoms with van der Waals surface area (Å²) in [6.45, 7) is 3.68. The van der Waals surface area contributed by atoms with Crippen molar-refractivity contribution in [2.75, 3.05) is 16.9 Å². The molecule has 0 bridgehead atoms. The lowest BCUT2D eigenvalue weighted by molar-refractivity contribution is -0.126. The molecule has 0 spiro atoms. The smallest absolute Gasteiger partial charge is 0.238 e. The number of anilines is 2. The molecule has 4 aliphatic rings. The largest absolute Gasteiger partial charge is 0.508 e. The van der Waals surface area contributed by atoms with Gasteiger partial charge in [0.15, 0.2) is 0 Å². The minimum Gasteiger partial charge on any atom is -0.508 e. The van der Waals surface area contributed by atoms with Crippen LogP contribution in [-0.4, -0.2) is 35.8 Å². The molecule has 2 aliphatic heterocycles. The van der Waals surface area contributed by atoms with Crippen LogP contribution in [0.3, 0.4) is 0 Å². The number of amides is 4. The van der Waals surface area contributed by atoms with Gasteiger partial charge in [0.05, 0.1) is 42.2 Å². The molecule has 0 radical (unpaired) electrons. The predicted octanol–water partition coefficient (Wildman–Crippen LogP) is 6.37. The second-order valence-corrected chi connectivity index (χ2v) is 13.2. The Morgan fingerprint density at radius 2 is 1.31 bits per heavy atom. The highest BCUT2D eigenvalue weighted by Gasteiger charge is 2.62. The number of imide groups is 2. The minimum absolute atomic E-state index is 0.0509. The zero-order valence-electron chi connectivity index (χ0n) is 24.8. The normalized spacial score (nSPS) is 27.4. The molecular formula is C35H30Cl2N2O6. The number of benzene rings is 3. The Morgan fingerprint density at radius 1 is 0.733 bits per heavy atom. The molecule has 45 heavy (non-hydrogen) atoms. The third-order valence-corrected chi connectivity index (χ3v) is 10.9. The number of aromatic hydroxyl groups is 1. The number of carbonyl (C=O) groups excluding carboxylic acids is 4. The molecule has 10 heteroatoms. The first-order valence-electron chi connectivity index (χ1n) is 14.9. The molecule has 0 unspecified atom stereocenters. The highest BCUT2D eigenvalue weighted by atomic mass is 35.5. The first-order chi connectivity index (χ1) is 21.5. The number of nitrogens with zero attached hydrogens (tertiary/aromatic N) is 2. The number of methoxy groups -OCH3 is 1. The summed E-state index contributed by atoms with van der Waals surface area (Å²) in [6, 6.07) is 15.0. The predicted molar refractivity (Wildman–Crippen MR) is 170 cm³/mol. The second-order valence-electron chi connectivity index (χ2n) is 12.3. The van der Waals surface area contributed by atoms with Gasteiger partial charge in [-0.1, -0.05) is 47.0 Å². The van der Waals surface area contributed by atoms with Gasteiger partial charge < -0.3 is 9.84 Å². The van der Waals surface area contributed by atoms with Crippen molar-refractivity contribution in [1.82, 2.24) is 0 Å². The Hall–Kier alpha value is -4.14. The third kappa shape index (κ3) is 4.41. The maximum Gasteiger partial charge on any atom is 0.238 e. The Balaban J connectivity index is 1.35. The van der Waals surface area contributed by atoms with Crippen LogP contribution in [0.5, 0.6) is 11.5 Å². The van der Waals surface area contributed by atoms with Crippen molar-refractivity contribution in [2.24, 2.45) is 29.6 Å². The van der Waals surface area contributed by atoms with Gasteiger partial charge in [0.1, 0.15) is 11.5 Å². The Bertz CT molecular complexity index is 1850. The van der Waals surface area contributed by atoms with Crippen molar-refractivity contribution in [2.45, 2.75) is 32.6 Å². The van der Waals surface area contributed by atoms with Gasteiger partial charge in [-0.05, 0) is 86.2 Å². The number of hydrogen-bond acceptors (Lipinski definition) is 6. The zero-order chi connectivity index (χ0) is 31.9. The molecule has 3 aromatic rings. The summed E-state index contributed by atoms with van der Waals surface area (Å²) in [5.41, 5.74) is 3.61. The van der Waals surface area contributed by atoms with Crippen molar-refractivity contribution < 1.29 is 29.0 Å². The minimum atomic E-state index is -0.839. The van der Waals surface area contributed by atoms with E-state index < -0.39 is 47.3 Å². The summed E-state index contributed by atoms with van der Waals surface area (Å²) in [5.74, 6) is -5.26. The average Bonchev–Trinajstić information content (AvgIpc) is 3.43. The second kappa shape index (κ2) is 10.7. The van der Waals surface area contributed by atoms with Crippen molar-refractivity contribution in [3.63, 3.8) is 0 Å². The lowest BCUT2D eigenvalue weighted by Crippen LogP contribution is -2.43. The van der Waals surface area contributed by atoms with E-state index in [0.29, 0.717) is 32.7 Å². The van der Waals surface area contributed by atoms with Crippen LogP contribution in [0.4, 0.5) is 11.4 Å². The number of allylic oxidation sites excluding steroid dienone is 2. The monoisotopic (exact) mass is 644 g/mol. The number of fused-ring (bicyclic) bond motifs is 4. The molecule has 2 aliphatic carbocycles. The highest BCUT2D eigenvalue weighted by molar-refractivity contribution is 6.33. The molecule has 2 saturated heterocycles. The van der Waals surface area contributed by atoms with Gasteiger partial charge in [0.25, 0.3) is 0 Å².